The maximum Gasteiger partial charge on any atom is 0.0993 e. The van der Waals surface area contributed by atoms with Gasteiger partial charge in [0.2, 0.25) is 0 Å². The Hall–Kier alpha value is -0.200. The first-order valence-electron chi connectivity index (χ1n) is 10.6. The van der Waals surface area contributed by atoms with E-state index in [1.807, 2.05) is 0 Å². The molecule has 4 unspecified atom stereocenters. The van der Waals surface area contributed by atoms with Crippen LogP contribution in [0.3, 0.4) is 0 Å². The molecule has 4 aliphatic carbocycles. The zero-order chi connectivity index (χ0) is 18.9. The molecule has 0 bridgehead atoms. The van der Waals surface area contributed by atoms with E-state index in [9.17, 15) is 25.5 Å². The molecule has 5 heteroatoms. The summed E-state index contributed by atoms with van der Waals surface area (Å²) in [6.07, 6.45) is 4.50. The lowest BCUT2D eigenvalue weighted by Crippen LogP contribution is -2.66. The molecule has 5 nitrogen and oxygen atoms in total. The summed E-state index contributed by atoms with van der Waals surface area (Å²) < 4.78 is 0. The van der Waals surface area contributed by atoms with Gasteiger partial charge in [-0.05, 0) is 87.4 Å². The van der Waals surface area contributed by atoms with Crippen LogP contribution in [0.1, 0.15) is 65.2 Å². The Morgan fingerprint density at radius 2 is 1.73 bits per heavy atom. The third kappa shape index (κ3) is 2.21. The molecule has 0 spiro atoms. The van der Waals surface area contributed by atoms with Gasteiger partial charge in [-0.1, -0.05) is 6.92 Å². The minimum absolute atomic E-state index is 0.0429. The van der Waals surface area contributed by atoms with Crippen LogP contribution in [0.4, 0.5) is 0 Å². The molecule has 0 amide bonds. The van der Waals surface area contributed by atoms with Crippen molar-refractivity contribution in [3.05, 3.63) is 0 Å². The van der Waals surface area contributed by atoms with Gasteiger partial charge in [0.1, 0.15) is 0 Å². The number of hydrogen-bond donors (Lipinski definition) is 5. The van der Waals surface area contributed by atoms with Crippen LogP contribution in [0, 0.1) is 34.5 Å². The van der Waals surface area contributed by atoms with Crippen LogP contribution in [0.5, 0.6) is 0 Å². The number of fused-ring (bicyclic) bond motifs is 5. The Balaban J connectivity index is 1.73. The Kier molecular flexibility index (Phi) is 4.52. The topological polar surface area (TPSA) is 101 Å². The van der Waals surface area contributed by atoms with Crippen molar-refractivity contribution in [2.24, 2.45) is 34.5 Å². The van der Waals surface area contributed by atoms with E-state index in [0.29, 0.717) is 12.3 Å². The predicted molar refractivity (Wildman–Crippen MR) is 97.2 cm³/mol. The maximum absolute atomic E-state index is 11.9. The molecule has 4 fully saturated rings. The van der Waals surface area contributed by atoms with Gasteiger partial charge in [-0.3, -0.25) is 0 Å². The van der Waals surface area contributed by atoms with Crippen LogP contribution < -0.4 is 0 Å². The second kappa shape index (κ2) is 6.15. The van der Waals surface area contributed by atoms with Crippen molar-refractivity contribution >= 4 is 0 Å². The SMILES string of the molecule is CC(O)[C@H]1CC(O)[C@@]2(O)[C@@H]3CCC4CC(O)CC[C@]4(CO)[C@H]3CC[C@]12C. The first kappa shape index (κ1) is 19.1. The van der Waals surface area contributed by atoms with Gasteiger partial charge in [-0.2, -0.15) is 0 Å². The van der Waals surface area contributed by atoms with Crippen molar-refractivity contribution < 1.29 is 25.5 Å². The van der Waals surface area contributed by atoms with Gasteiger partial charge in [0.15, 0.2) is 0 Å². The van der Waals surface area contributed by atoms with E-state index in [1.165, 1.54) is 0 Å². The molecule has 0 aromatic heterocycles. The first-order chi connectivity index (χ1) is 12.2. The zero-order valence-electron chi connectivity index (χ0n) is 16.1. The van der Waals surface area contributed by atoms with Crippen LogP contribution in [-0.2, 0) is 0 Å². The smallest absolute Gasteiger partial charge is 0.0993 e. The maximum atomic E-state index is 11.9. The second-order valence-electron chi connectivity index (χ2n) is 10.2. The Labute approximate surface area is 156 Å². The Bertz CT molecular complexity index is 553. The monoisotopic (exact) mass is 368 g/mol. The van der Waals surface area contributed by atoms with E-state index < -0.39 is 23.2 Å². The van der Waals surface area contributed by atoms with E-state index in [2.05, 4.69) is 6.92 Å². The fourth-order valence-corrected chi connectivity index (χ4v) is 8.14. The lowest BCUT2D eigenvalue weighted by atomic mass is 9.42. The van der Waals surface area contributed by atoms with Gasteiger partial charge in [0.05, 0.1) is 23.9 Å². The predicted octanol–water partition coefficient (Wildman–Crippen LogP) is 1.45. The van der Waals surface area contributed by atoms with Crippen LogP contribution in [0.15, 0.2) is 0 Å². The normalized spacial score (nSPS) is 57.8. The second-order valence-corrected chi connectivity index (χ2v) is 10.2. The third-order valence-corrected chi connectivity index (χ3v) is 9.50. The summed E-state index contributed by atoms with van der Waals surface area (Å²) in [5.74, 6) is 0.342. The number of hydrogen-bond acceptors (Lipinski definition) is 5. The highest BCUT2D eigenvalue weighted by atomic mass is 16.3. The quantitative estimate of drug-likeness (QED) is 0.508. The molecule has 4 aliphatic rings. The lowest BCUT2D eigenvalue weighted by molar-refractivity contribution is -0.247. The van der Waals surface area contributed by atoms with E-state index in [0.717, 1.165) is 44.9 Å². The molecule has 10 atom stereocenters. The molecular formula is C21H36O5. The van der Waals surface area contributed by atoms with Crippen molar-refractivity contribution in [2.45, 2.75) is 89.1 Å². The molecule has 4 rings (SSSR count). The molecule has 26 heavy (non-hydrogen) atoms. The van der Waals surface area contributed by atoms with Gasteiger partial charge in [-0.15, -0.1) is 0 Å². The molecule has 150 valence electrons. The zero-order valence-corrected chi connectivity index (χ0v) is 16.1. The summed E-state index contributed by atoms with van der Waals surface area (Å²) >= 11 is 0. The fourth-order valence-electron chi connectivity index (χ4n) is 8.14. The van der Waals surface area contributed by atoms with Gasteiger partial charge in [0, 0.05) is 12.0 Å². The molecule has 4 saturated carbocycles. The van der Waals surface area contributed by atoms with Crippen LogP contribution in [0.25, 0.3) is 0 Å². The molecule has 0 aliphatic heterocycles. The van der Waals surface area contributed by atoms with Gasteiger partial charge < -0.3 is 25.5 Å². The highest BCUT2D eigenvalue weighted by Crippen LogP contribution is 2.69. The molecule has 0 aromatic rings. The first-order valence-corrected chi connectivity index (χ1v) is 10.6. The largest absolute Gasteiger partial charge is 0.396 e. The van der Waals surface area contributed by atoms with Crippen molar-refractivity contribution in [1.82, 2.24) is 0 Å². The van der Waals surface area contributed by atoms with Gasteiger partial charge in [-0.25, -0.2) is 0 Å². The van der Waals surface area contributed by atoms with Crippen molar-refractivity contribution in [3.8, 4) is 0 Å². The average Bonchev–Trinajstić information content (AvgIpc) is 2.82. The minimum Gasteiger partial charge on any atom is -0.396 e. The third-order valence-electron chi connectivity index (χ3n) is 9.50. The summed E-state index contributed by atoms with van der Waals surface area (Å²) in [5, 5.41) is 53.7. The molecule has 0 aromatic carbocycles. The molecule has 0 saturated heterocycles. The highest BCUT2D eigenvalue weighted by Gasteiger charge is 2.71. The fraction of sp³-hybridized carbons (Fsp3) is 1.00. The van der Waals surface area contributed by atoms with E-state index in [4.69, 9.17) is 0 Å². The Morgan fingerprint density at radius 3 is 2.38 bits per heavy atom. The van der Waals surface area contributed by atoms with Crippen molar-refractivity contribution in [2.75, 3.05) is 6.61 Å². The summed E-state index contributed by atoms with van der Waals surface area (Å²) in [5.41, 5.74) is -1.91. The minimum atomic E-state index is -1.19. The number of aliphatic hydroxyl groups is 5. The van der Waals surface area contributed by atoms with Crippen LogP contribution in [-0.4, -0.2) is 56.1 Å². The summed E-state index contributed by atoms with van der Waals surface area (Å²) in [6.45, 7) is 3.93. The van der Waals surface area contributed by atoms with Crippen LogP contribution >= 0.6 is 0 Å². The molecule has 5 N–H and O–H groups in total. The van der Waals surface area contributed by atoms with E-state index >= 15 is 0 Å². The summed E-state index contributed by atoms with van der Waals surface area (Å²) in [7, 11) is 0. The summed E-state index contributed by atoms with van der Waals surface area (Å²) in [6, 6.07) is 0. The van der Waals surface area contributed by atoms with Crippen molar-refractivity contribution in [3.63, 3.8) is 0 Å². The van der Waals surface area contributed by atoms with Crippen LogP contribution in [0.2, 0.25) is 0 Å². The van der Waals surface area contributed by atoms with Gasteiger partial charge >= 0.3 is 0 Å². The van der Waals surface area contributed by atoms with Crippen molar-refractivity contribution in [1.29, 1.82) is 0 Å². The number of aliphatic hydroxyl groups excluding tert-OH is 4. The number of rotatable bonds is 2. The van der Waals surface area contributed by atoms with E-state index in [-0.39, 0.29) is 35.9 Å². The summed E-state index contributed by atoms with van der Waals surface area (Å²) in [4.78, 5) is 0. The molecule has 0 radical (unpaired) electrons. The lowest BCUT2D eigenvalue weighted by Gasteiger charge is -2.64. The standard InChI is InChI=1S/C21H36O5/c1-12(23)17-10-18(25)21(26)16-4-3-13-9-14(24)5-8-20(13,11-22)15(16)6-7-19(17,21)2/h12-18,22-26H,3-11H2,1-2H3/t12?,13?,14?,15-,16+,17+,18?,19+,20+,21-/m0/s1. The van der Waals surface area contributed by atoms with Gasteiger partial charge in [0.25, 0.3) is 0 Å². The highest BCUT2D eigenvalue weighted by molar-refractivity contribution is 5.20. The van der Waals surface area contributed by atoms with E-state index in [1.54, 1.807) is 6.92 Å². The molecule has 0 heterocycles. The Morgan fingerprint density at radius 1 is 1.00 bits per heavy atom. The molecular weight excluding hydrogens is 332 g/mol. The average molecular weight is 369 g/mol.